The van der Waals surface area contributed by atoms with Crippen LogP contribution in [0.3, 0.4) is 0 Å². The van der Waals surface area contributed by atoms with Crippen LogP contribution in [-0.4, -0.2) is 13.2 Å². The summed E-state index contributed by atoms with van der Waals surface area (Å²) in [5.41, 5.74) is 8.55. The van der Waals surface area contributed by atoms with E-state index in [1.807, 2.05) is 0 Å². The van der Waals surface area contributed by atoms with Gasteiger partial charge in [0.25, 0.3) is 0 Å². The Labute approximate surface area is 97.8 Å². The summed E-state index contributed by atoms with van der Waals surface area (Å²) in [5.74, 6) is 0.699. The van der Waals surface area contributed by atoms with Gasteiger partial charge in [0, 0.05) is 12.0 Å². The largest absolute Gasteiger partial charge is 0.379 e. The summed E-state index contributed by atoms with van der Waals surface area (Å²) in [6.45, 7) is 6.88. The molecule has 88 valence electrons. The summed E-state index contributed by atoms with van der Waals surface area (Å²) < 4.78 is 5.44. The SMILES string of the molecule is CC(C)CC1(c2cccc(CN)c2)COC1. The van der Waals surface area contributed by atoms with E-state index in [0.29, 0.717) is 12.5 Å². The fraction of sp³-hybridized carbons (Fsp3) is 0.571. The molecular formula is C14H21NO. The van der Waals surface area contributed by atoms with Gasteiger partial charge in [-0.3, -0.25) is 0 Å². The summed E-state index contributed by atoms with van der Waals surface area (Å²) in [5, 5.41) is 0. The predicted octanol–water partition coefficient (Wildman–Crippen LogP) is 2.46. The number of hydrogen-bond donors (Lipinski definition) is 1. The van der Waals surface area contributed by atoms with E-state index in [-0.39, 0.29) is 5.41 Å². The minimum Gasteiger partial charge on any atom is -0.379 e. The molecule has 2 N–H and O–H groups in total. The molecule has 2 heteroatoms. The van der Waals surface area contributed by atoms with Crippen molar-refractivity contribution in [3.63, 3.8) is 0 Å². The molecule has 1 aliphatic heterocycles. The van der Waals surface area contributed by atoms with Gasteiger partial charge in [0.2, 0.25) is 0 Å². The Hall–Kier alpha value is -0.860. The second-order valence-electron chi connectivity index (χ2n) is 5.28. The summed E-state index contributed by atoms with van der Waals surface area (Å²) in [6, 6.07) is 8.65. The highest BCUT2D eigenvalue weighted by Crippen LogP contribution is 2.38. The van der Waals surface area contributed by atoms with E-state index in [1.54, 1.807) is 0 Å². The Morgan fingerprint density at radius 2 is 2.12 bits per heavy atom. The van der Waals surface area contributed by atoms with Crippen LogP contribution in [-0.2, 0) is 16.7 Å². The molecule has 0 atom stereocenters. The normalized spacial score (nSPS) is 18.5. The van der Waals surface area contributed by atoms with Crippen LogP contribution in [0.5, 0.6) is 0 Å². The van der Waals surface area contributed by atoms with E-state index in [4.69, 9.17) is 10.5 Å². The molecule has 0 saturated carbocycles. The van der Waals surface area contributed by atoms with E-state index >= 15 is 0 Å². The van der Waals surface area contributed by atoms with Gasteiger partial charge in [-0.05, 0) is 23.5 Å². The zero-order valence-corrected chi connectivity index (χ0v) is 10.2. The number of benzene rings is 1. The summed E-state index contributed by atoms with van der Waals surface area (Å²) in [6.07, 6.45) is 1.20. The van der Waals surface area contributed by atoms with Crippen LogP contribution in [0.25, 0.3) is 0 Å². The molecule has 1 aliphatic rings. The lowest BCUT2D eigenvalue weighted by molar-refractivity contribution is -0.0697. The molecule has 0 aromatic heterocycles. The Kier molecular flexibility index (Phi) is 3.31. The molecule has 2 rings (SSSR count). The quantitative estimate of drug-likeness (QED) is 0.844. The highest BCUT2D eigenvalue weighted by Gasteiger charge is 2.40. The molecule has 1 saturated heterocycles. The van der Waals surface area contributed by atoms with Gasteiger partial charge < -0.3 is 10.5 Å². The number of nitrogens with two attached hydrogens (primary N) is 1. The molecule has 1 aromatic carbocycles. The van der Waals surface area contributed by atoms with E-state index in [9.17, 15) is 0 Å². The number of ether oxygens (including phenoxy) is 1. The maximum atomic E-state index is 5.69. The van der Waals surface area contributed by atoms with Crippen molar-refractivity contribution in [1.29, 1.82) is 0 Å². The number of rotatable bonds is 4. The molecule has 1 aromatic rings. The lowest BCUT2D eigenvalue weighted by Gasteiger charge is -2.43. The monoisotopic (exact) mass is 219 g/mol. The van der Waals surface area contributed by atoms with Crippen LogP contribution in [0, 0.1) is 5.92 Å². The Balaban J connectivity index is 2.25. The average Bonchev–Trinajstić information content (AvgIpc) is 2.23. The lowest BCUT2D eigenvalue weighted by atomic mass is 9.72. The molecule has 0 bridgehead atoms. The standard InChI is InChI=1S/C14H21NO/c1-11(2)7-14(9-16-10-14)13-5-3-4-12(6-13)8-15/h3-6,11H,7-10,15H2,1-2H3. The Bertz CT molecular complexity index is 356. The minimum atomic E-state index is 0.249. The van der Waals surface area contributed by atoms with Crippen molar-refractivity contribution >= 4 is 0 Å². The summed E-state index contributed by atoms with van der Waals surface area (Å²) >= 11 is 0. The van der Waals surface area contributed by atoms with Crippen LogP contribution in [0.2, 0.25) is 0 Å². The van der Waals surface area contributed by atoms with E-state index in [1.165, 1.54) is 17.5 Å². The second-order valence-corrected chi connectivity index (χ2v) is 5.28. The van der Waals surface area contributed by atoms with Crippen molar-refractivity contribution in [3.05, 3.63) is 35.4 Å². The first-order valence-corrected chi connectivity index (χ1v) is 6.03. The molecule has 0 aliphatic carbocycles. The number of hydrogen-bond acceptors (Lipinski definition) is 2. The molecule has 0 amide bonds. The van der Waals surface area contributed by atoms with Crippen molar-refractivity contribution in [3.8, 4) is 0 Å². The van der Waals surface area contributed by atoms with Gasteiger partial charge in [-0.25, -0.2) is 0 Å². The first-order valence-electron chi connectivity index (χ1n) is 6.03. The third-order valence-electron chi connectivity index (χ3n) is 3.33. The van der Waals surface area contributed by atoms with E-state index in [0.717, 1.165) is 13.2 Å². The van der Waals surface area contributed by atoms with Crippen molar-refractivity contribution in [1.82, 2.24) is 0 Å². The zero-order valence-electron chi connectivity index (χ0n) is 10.2. The fourth-order valence-corrected chi connectivity index (χ4v) is 2.56. The highest BCUT2D eigenvalue weighted by molar-refractivity contribution is 5.32. The van der Waals surface area contributed by atoms with Gasteiger partial charge in [-0.1, -0.05) is 38.1 Å². The zero-order chi connectivity index (χ0) is 11.6. The van der Waals surface area contributed by atoms with Crippen molar-refractivity contribution < 1.29 is 4.74 Å². The van der Waals surface area contributed by atoms with Gasteiger partial charge in [-0.2, -0.15) is 0 Å². The summed E-state index contributed by atoms with van der Waals surface area (Å²) in [7, 11) is 0. The fourth-order valence-electron chi connectivity index (χ4n) is 2.56. The molecule has 2 nitrogen and oxygen atoms in total. The van der Waals surface area contributed by atoms with Crippen molar-refractivity contribution in [2.45, 2.75) is 32.2 Å². The maximum absolute atomic E-state index is 5.69. The lowest BCUT2D eigenvalue weighted by Crippen LogP contribution is -2.47. The van der Waals surface area contributed by atoms with Crippen LogP contribution in [0.15, 0.2) is 24.3 Å². The molecule has 1 heterocycles. The van der Waals surface area contributed by atoms with Gasteiger partial charge in [0.05, 0.1) is 13.2 Å². The van der Waals surface area contributed by atoms with Crippen LogP contribution >= 0.6 is 0 Å². The van der Waals surface area contributed by atoms with Gasteiger partial charge in [0.15, 0.2) is 0 Å². The first-order chi connectivity index (χ1) is 7.66. The van der Waals surface area contributed by atoms with Crippen LogP contribution in [0.4, 0.5) is 0 Å². The molecule has 0 unspecified atom stereocenters. The van der Waals surface area contributed by atoms with E-state index in [2.05, 4.69) is 38.1 Å². The molecule has 0 radical (unpaired) electrons. The van der Waals surface area contributed by atoms with E-state index < -0.39 is 0 Å². The molecule has 1 fully saturated rings. The van der Waals surface area contributed by atoms with Gasteiger partial charge in [-0.15, -0.1) is 0 Å². The van der Waals surface area contributed by atoms with Crippen LogP contribution in [0.1, 0.15) is 31.4 Å². The van der Waals surface area contributed by atoms with Crippen molar-refractivity contribution in [2.24, 2.45) is 11.7 Å². The molecule has 16 heavy (non-hydrogen) atoms. The summed E-state index contributed by atoms with van der Waals surface area (Å²) in [4.78, 5) is 0. The second kappa shape index (κ2) is 4.56. The Morgan fingerprint density at radius 3 is 2.62 bits per heavy atom. The molecule has 0 spiro atoms. The molecular weight excluding hydrogens is 198 g/mol. The third-order valence-corrected chi connectivity index (χ3v) is 3.33. The van der Waals surface area contributed by atoms with Gasteiger partial charge >= 0.3 is 0 Å². The smallest absolute Gasteiger partial charge is 0.0585 e. The van der Waals surface area contributed by atoms with Crippen molar-refractivity contribution in [2.75, 3.05) is 13.2 Å². The maximum Gasteiger partial charge on any atom is 0.0585 e. The Morgan fingerprint density at radius 1 is 1.38 bits per heavy atom. The highest BCUT2D eigenvalue weighted by atomic mass is 16.5. The third kappa shape index (κ3) is 2.13. The first kappa shape index (κ1) is 11.6. The van der Waals surface area contributed by atoms with Crippen LogP contribution < -0.4 is 5.73 Å². The van der Waals surface area contributed by atoms with Gasteiger partial charge in [0.1, 0.15) is 0 Å². The topological polar surface area (TPSA) is 35.2 Å². The average molecular weight is 219 g/mol. The minimum absolute atomic E-state index is 0.249. The predicted molar refractivity (Wildman–Crippen MR) is 66.3 cm³/mol.